The van der Waals surface area contributed by atoms with Gasteiger partial charge in [-0.05, 0) is 75.8 Å². The van der Waals surface area contributed by atoms with E-state index in [0.29, 0.717) is 5.82 Å². The van der Waals surface area contributed by atoms with Crippen molar-refractivity contribution < 1.29 is 0 Å². The van der Waals surface area contributed by atoms with E-state index in [1.165, 1.54) is 25.7 Å². The predicted octanol–water partition coefficient (Wildman–Crippen LogP) is 11.6. The topological polar surface area (TPSA) is 51.6 Å². The molecule has 0 unspecified atom stereocenters. The molecule has 4 heterocycles. The van der Waals surface area contributed by atoms with Gasteiger partial charge in [0.05, 0.1) is 11.4 Å². The molecule has 0 aliphatic heterocycles. The summed E-state index contributed by atoms with van der Waals surface area (Å²) in [5.74, 6) is 0.688. The van der Waals surface area contributed by atoms with Crippen LogP contribution in [0.5, 0.6) is 0 Å². The molecular weight excluding hydrogens is 617 g/mol. The molecule has 0 saturated carbocycles. The molecule has 0 aliphatic carbocycles. The van der Waals surface area contributed by atoms with E-state index in [2.05, 4.69) is 137 Å². The number of nitrogens with zero attached hydrogens (tertiary/aromatic N) is 4. The molecule has 9 rings (SSSR count). The zero-order valence-electron chi connectivity index (χ0n) is 26.4. The maximum atomic E-state index is 5.11. The maximum absolute atomic E-state index is 5.11. The first kappa shape index (κ1) is 28.9. The highest BCUT2D eigenvalue weighted by molar-refractivity contribution is 7.25. The summed E-state index contributed by atoms with van der Waals surface area (Å²) in [6.45, 7) is 0. The minimum atomic E-state index is 0.688. The summed E-state index contributed by atoms with van der Waals surface area (Å²) in [5.41, 5.74) is 11.6. The Morgan fingerprint density at radius 3 is 1.57 bits per heavy atom. The van der Waals surface area contributed by atoms with Crippen LogP contribution in [-0.4, -0.2) is 19.9 Å². The third kappa shape index (κ3) is 5.67. The Kier molecular flexibility index (Phi) is 7.30. The van der Waals surface area contributed by atoms with E-state index in [-0.39, 0.29) is 0 Å². The molecule has 0 saturated heterocycles. The van der Waals surface area contributed by atoms with Gasteiger partial charge in [0, 0.05) is 61.7 Å². The molecule has 49 heavy (non-hydrogen) atoms. The van der Waals surface area contributed by atoms with Crippen LogP contribution in [0.1, 0.15) is 0 Å². The third-order valence-electron chi connectivity index (χ3n) is 8.95. The van der Waals surface area contributed by atoms with E-state index in [0.717, 1.165) is 55.9 Å². The second-order valence-corrected chi connectivity index (χ2v) is 13.1. The molecule has 0 bridgehead atoms. The minimum absolute atomic E-state index is 0.688. The van der Waals surface area contributed by atoms with Crippen LogP contribution in [0, 0.1) is 0 Å². The molecule has 0 spiro atoms. The van der Waals surface area contributed by atoms with Crippen molar-refractivity contribution in [3.63, 3.8) is 0 Å². The van der Waals surface area contributed by atoms with Gasteiger partial charge in [0.25, 0.3) is 0 Å². The van der Waals surface area contributed by atoms with Crippen LogP contribution in [0.3, 0.4) is 0 Å². The van der Waals surface area contributed by atoms with E-state index < -0.39 is 0 Å². The van der Waals surface area contributed by atoms with Crippen molar-refractivity contribution in [1.29, 1.82) is 0 Å². The highest BCUT2D eigenvalue weighted by Crippen LogP contribution is 2.37. The zero-order chi connectivity index (χ0) is 32.6. The van der Waals surface area contributed by atoms with Crippen LogP contribution in [0.25, 0.3) is 87.5 Å². The van der Waals surface area contributed by atoms with E-state index in [9.17, 15) is 0 Å². The zero-order valence-corrected chi connectivity index (χ0v) is 27.2. The van der Waals surface area contributed by atoms with Gasteiger partial charge in [-0.15, -0.1) is 11.3 Å². The largest absolute Gasteiger partial charge is 0.265 e. The average Bonchev–Trinajstić information content (AvgIpc) is 3.57. The molecule has 0 aliphatic rings. The Balaban J connectivity index is 1.10. The SMILES string of the molecule is c1cncc(-c2ccc(-c3cc(-c4ccc(-c5ccncc5)cc4)nc(-c4ccc(-c5ccc6sc7ccccc7c6c5)cc4)n3)cc2)c1. The molecule has 230 valence electrons. The quantitative estimate of drug-likeness (QED) is 0.181. The van der Waals surface area contributed by atoms with Gasteiger partial charge in [-0.3, -0.25) is 9.97 Å². The lowest BCUT2D eigenvalue weighted by atomic mass is 10.00. The predicted molar refractivity (Wildman–Crippen MR) is 203 cm³/mol. The summed E-state index contributed by atoms with van der Waals surface area (Å²) >= 11 is 1.84. The number of hydrogen-bond acceptors (Lipinski definition) is 5. The molecule has 0 radical (unpaired) electrons. The van der Waals surface area contributed by atoms with Gasteiger partial charge in [-0.2, -0.15) is 0 Å². The summed E-state index contributed by atoms with van der Waals surface area (Å²) in [4.78, 5) is 18.7. The van der Waals surface area contributed by atoms with Crippen molar-refractivity contribution in [3.8, 4) is 67.3 Å². The molecule has 0 N–H and O–H groups in total. The van der Waals surface area contributed by atoms with Crippen molar-refractivity contribution in [2.45, 2.75) is 0 Å². The molecule has 0 fully saturated rings. The highest BCUT2D eigenvalue weighted by Gasteiger charge is 2.13. The van der Waals surface area contributed by atoms with Gasteiger partial charge >= 0.3 is 0 Å². The summed E-state index contributed by atoms with van der Waals surface area (Å²) in [7, 11) is 0. The fraction of sp³-hybridized carbons (Fsp3) is 0. The van der Waals surface area contributed by atoms with E-state index >= 15 is 0 Å². The van der Waals surface area contributed by atoms with Gasteiger partial charge in [0.15, 0.2) is 5.82 Å². The van der Waals surface area contributed by atoms with E-state index in [1.807, 2.05) is 48.1 Å². The summed E-state index contributed by atoms with van der Waals surface area (Å²) in [6.07, 6.45) is 7.32. The second-order valence-electron chi connectivity index (χ2n) is 12.0. The molecule has 5 heteroatoms. The van der Waals surface area contributed by atoms with Gasteiger partial charge in [-0.1, -0.05) is 103 Å². The van der Waals surface area contributed by atoms with Gasteiger partial charge in [-0.25, -0.2) is 9.97 Å². The van der Waals surface area contributed by atoms with Gasteiger partial charge < -0.3 is 0 Å². The van der Waals surface area contributed by atoms with E-state index in [1.54, 1.807) is 6.20 Å². The highest BCUT2D eigenvalue weighted by atomic mass is 32.1. The number of rotatable bonds is 6. The molecule has 0 atom stereocenters. The Morgan fingerprint density at radius 1 is 0.347 bits per heavy atom. The normalized spacial score (nSPS) is 11.3. The monoisotopic (exact) mass is 644 g/mol. The fourth-order valence-corrected chi connectivity index (χ4v) is 7.42. The van der Waals surface area contributed by atoms with Gasteiger partial charge in [0.1, 0.15) is 0 Å². The molecule has 4 aromatic heterocycles. The van der Waals surface area contributed by atoms with Crippen LogP contribution >= 0.6 is 11.3 Å². The first-order chi connectivity index (χ1) is 24.2. The lowest BCUT2D eigenvalue weighted by Gasteiger charge is -2.11. The standard InChI is InChI=1S/C44H28N4S/c1-2-6-42-38(5-1)39-26-36(19-20-43(39)49-42)30-11-17-35(18-12-30)44-47-40(33-13-7-29(8-14-33)32-21-24-45-25-22-32)27-41(48-44)34-15-9-31(10-16-34)37-4-3-23-46-28-37/h1-28H. The number of hydrogen-bond donors (Lipinski definition) is 0. The smallest absolute Gasteiger partial charge is 0.160 e. The molecule has 0 amide bonds. The molecule has 4 nitrogen and oxygen atoms in total. The number of pyridine rings is 2. The number of aromatic nitrogens is 4. The summed E-state index contributed by atoms with van der Waals surface area (Å²) in [5, 5.41) is 2.60. The average molecular weight is 645 g/mol. The fourth-order valence-electron chi connectivity index (χ4n) is 6.33. The Hall–Kier alpha value is -6.30. The first-order valence-corrected chi connectivity index (χ1v) is 17.0. The van der Waals surface area contributed by atoms with Crippen molar-refractivity contribution in [3.05, 3.63) is 170 Å². The lowest BCUT2D eigenvalue weighted by molar-refractivity contribution is 1.18. The first-order valence-electron chi connectivity index (χ1n) is 16.2. The van der Waals surface area contributed by atoms with Crippen LogP contribution in [0.15, 0.2) is 170 Å². The van der Waals surface area contributed by atoms with Crippen molar-refractivity contribution in [2.24, 2.45) is 0 Å². The Labute approximate surface area is 288 Å². The number of thiophene rings is 1. The van der Waals surface area contributed by atoms with Crippen molar-refractivity contribution in [2.75, 3.05) is 0 Å². The number of benzene rings is 5. The lowest BCUT2D eigenvalue weighted by Crippen LogP contribution is -1.96. The third-order valence-corrected chi connectivity index (χ3v) is 10.1. The van der Waals surface area contributed by atoms with Gasteiger partial charge in [0.2, 0.25) is 0 Å². The number of fused-ring (bicyclic) bond motifs is 3. The Bertz CT molecular complexity index is 2460. The molecular formula is C44H28N4S. The molecule has 5 aromatic carbocycles. The van der Waals surface area contributed by atoms with Crippen LogP contribution in [-0.2, 0) is 0 Å². The maximum Gasteiger partial charge on any atom is 0.160 e. The van der Waals surface area contributed by atoms with Crippen molar-refractivity contribution >= 4 is 31.5 Å². The van der Waals surface area contributed by atoms with Crippen LogP contribution in [0.4, 0.5) is 0 Å². The van der Waals surface area contributed by atoms with E-state index in [4.69, 9.17) is 9.97 Å². The Morgan fingerprint density at radius 2 is 0.898 bits per heavy atom. The summed E-state index contributed by atoms with van der Waals surface area (Å²) < 4.78 is 2.62. The molecule has 9 aromatic rings. The van der Waals surface area contributed by atoms with Crippen molar-refractivity contribution in [1.82, 2.24) is 19.9 Å². The summed E-state index contributed by atoms with van der Waals surface area (Å²) in [6, 6.07) is 51.2. The van der Waals surface area contributed by atoms with Crippen LogP contribution in [0.2, 0.25) is 0 Å². The van der Waals surface area contributed by atoms with Crippen LogP contribution < -0.4 is 0 Å². The second kappa shape index (κ2) is 12.4. The minimum Gasteiger partial charge on any atom is -0.265 e.